The van der Waals surface area contributed by atoms with E-state index in [2.05, 4.69) is 25.2 Å². The number of aromatic amines is 1. The molecule has 2 rings (SSSR count). The Balaban J connectivity index is 2.46. The van der Waals surface area contributed by atoms with Crippen molar-refractivity contribution in [2.24, 2.45) is 5.90 Å². The molecule has 62 valence electrons. The number of hydrogen-bond donors (Lipinski definition) is 2. The fourth-order valence-electron chi connectivity index (χ4n) is 0.957. The minimum absolute atomic E-state index is 0.329. The van der Waals surface area contributed by atoms with Gasteiger partial charge < -0.3 is 0 Å². The molecule has 2 aromatic heterocycles. The van der Waals surface area contributed by atoms with Gasteiger partial charge in [-0.25, -0.2) is 10.9 Å². The van der Waals surface area contributed by atoms with Crippen LogP contribution >= 0.6 is 0 Å². The molecule has 2 heterocycles. The molecule has 0 saturated carbocycles. The van der Waals surface area contributed by atoms with Crippen molar-refractivity contribution in [2.75, 3.05) is 0 Å². The van der Waals surface area contributed by atoms with Crippen LogP contribution in [0.25, 0.3) is 11.2 Å². The zero-order valence-corrected chi connectivity index (χ0v) is 6.19. The molecule has 0 aliphatic rings. The number of rotatable bonds is 2. The number of aromatic nitrogens is 4. The molecule has 0 amide bonds. The third-order valence-corrected chi connectivity index (χ3v) is 1.48. The summed E-state index contributed by atoms with van der Waals surface area (Å²) in [6.07, 6.45) is 1.65. The van der Waals surface area contributed by atoms with Gasteiger partial charge in [-0.05, 0) is 6.07 Å². The lowest BCUT2D eigenvalue weighted by Gasteiger charge is -1.95. The highest BCUT2D eigenvalue weighted by Gasteiger charge is 2.00. The van der Waals surface area contributed by atoms with E-state index in [0.29, 0.717) is 17.8 Å². The maximum absolute atomic E-state index is 4.91. The highest BCUT2D eigenvalue weighted by Crippen LogP contribution is 2.06. The van der Waals surface area contributed by atoms with Crippen LogP contribution in [0, 0.1) is 0 Å². The van der Waals surface area contributed by atoms with Crippen LogP contribution in [0.4, 0.5) is 0 Å². The van der Waals surface area contributed by atoms with Crippen LogP contribution < -0.4 is 5.90 Å². The number of hydrogen-bond acceptors (Lipinski definition) is 5. The molecular formula is C6H7N5O. The smallest absolute Gasteiger partial charge is 0.201 e. The van der Waals surface area contributed by atoms with Crippen molar-refractivity contribution >= 4 is 11.2 Å². The van der Waals surface area contributed by atoms with Gasteiger partial charge in [-0.1, -0.05) is 0 Å². The van der Waals surface area contributed by atoms with E-state index in [0.717, 1.165) is 5.56 Å². The third kappa shape index (κ3) is 1.13. The van der Waals surface area contributed by atoms with Crippen LogP contribution in [-0.2, 0) is 11.4 Å². The highest BCUT2D eigenvalue weighted by atomic mass is 16.6. The van der Waals surface area contributed by atoms with Gasteiger partial charge in [-0.3, -0.25) is 4.84 Å². The maximum Gasteiger partial charge on any atom is 0.201 e. The molecule has 0 aliphatic carbocycles. The fourth-order valence-corrected chi connectivity index (χ4v) is 0.957. The minimum Gasteiger partial charge on any atom is -0.300 e. The maximum atomic E-state index is 4.91. The molecule has 0 saturated heterocycles. The number of nitrogens with zero attached hydrogens (tertiary/aromatic N) is 3. The largest absolute Gasteiger partial charge is 0.300 e. The second-order valence-corrected chi connectivity index (χ2v) is 2.32. The quantitative estimate of drug-likeness (QED) is 0.598. The Hall–Kier alpha value is -1.53. The lowest BCUT2D eigenvalue weighted by atomic mass is 10.3. The number of nitrogens with two attached hydrogens (primary N) is 1. The topological polar surface area (TPSA) is 89.7 Å². The predicted octanol–water partition coefficient (Wildman–Crippen LogP) is -0.257. The van der Waals surface area contributed by atoms with E-state index in [4.69, 9.17) is 5.90 Å². The van der Waals surface area contributed by atoms with Crippen LogP contribution in [0.2, 0.25) is 0 Å². The van der Waals surface area contributed by atoms with Gasteiger partial charge in [0.1, 0.15) is 5.52 Å². The zero-order chi connectivity index (χ0) is 8.39. The van der Waals surface area contributed by atoms with Gasteiger partial charge in [0.15, 0.2) is 0 Å². The monoisotopic (exact) mass is 165 g/mol. The molecule has 3 N–H and O–H groups in total. The molecule has 12 heavy (non-hydrogen) atoms. The van der Waals surface area contributed by atoms with E-state index in [1.54, 1.807) is 6.20 Å². The van der Waals surface area contributed by atoms with Gasteiger partial charge in [0.2, 0.25) is 5.65 Å². The lowest BCUT2D eigenvalue weighted by Crippen LogP contribution is -1.99. The molecule has 0 aromatic carbocycles. The summed E-state index contributed by atoms with van der Waals surface area (Å²) < 4.78 is 0. The number of nitrogens with one attached hydrogen (secondary N) is 1. The summed E-state index contributed by atoms with van der Waals surface area (Å²) in [5.41, 5.74) is 2.18. The fraction of sp³-hybridized carbons (Fsp3) is 0.167. The third-order valence-electron chi connectivity index (χ3n) is 1.48. The number of pyridine rings is 1. The second kappa shape index (κ2) is 2.84. The van der Waals surface area contributed by atoms with Crippen molar-refractivity contribution in [3.8, 4) is 0 Å². The molecule has 6 nitrogen and oxygen atoms in total. The van der Waals surface area contributed by atoms with Crippen molar-refractivity contribution in [2.45, 2.75) is 6.61 Å². The molecule has 0 bridgehead atoms. The van der Waals surface area contributed by atoms with E-state index in [1.807, 2.05) is 6.07 Å². The van der Waals surface area contributed by atoms with Crippen LogP contribution in [-0.4, -0.2) is 20.4 Å². The van der Waals surface area contributed by atoms with Gasteiger partial charge in [0, 0.05) is 11.8 Å². The van der Waals surface area contributed by atoms with E-state index >= 15 is 0 Å². The summed E-state index contributed by atoms with van der Waals surface area (Å²) in [6, 6.07) is 1.82. The number of fused-ring (bicyclic) bond motifs is 1. The van der Waals surface area contributed by atoms with Crippen LogP contribution in [0.3, 0.4) is 0 Å². The van der Waals surface area contributed by atoms with Crippen molar-refractivity contribution in [1.82, 2.24) is 20.4 Å². The van der Waals surface area contributed by atoms with Gasteiger partial charge in [0.25, 0.3) is 0 Å². The Morgan fingerprint density at radius 3 is 3.25 bits per heavy atom. The molecule has 6 heteroatoms. The van der Waals surface area contributed by atoms with Crippen molar-refractivity contribution in [3.63, 3.8) is 0 Å². The summed E-state index contributed by atoms with van der Waals surface area (Å²) >= 11 is 0. The SMILES string of the molecule is NOCc1cnc2n[nH]nc2c1. The average Bonchev–Trinajstić information content (AvgIpc) is 2.51. The van der Waals surface area contributed by atoms with Gasteiger partial charge in [0.05, 0.1) is 6.61 Å². The van der Waals surface area contributed by atoms with Crippen molar-refractivity contribution < 1.29 is 4.84 Å². The Kier molecular flexibility index (Phi) is 1.69. The Morgan fingerprint density at radius 2 is 2.42 bits per heavy atom. The average molecular weight is 165 g/mol. The van der Waals surface area contributed by atoms with Crippen LogP contribution in [0.1, 0.15) is 5.56 Å². The van der Waals surface area contributed by atoms with Crippen molar-refractivity contribution in [1.29, 1.82) is 0 Å². The molecule has 0 radical (unpaired) electrons. The lowest BCUT2D eigenvalue weighted by molar-refractivity contribution is 0.124. The predicted molar refractivity (Wildman–Crippen MR) is 40.7 cm³/mol. The van der Waals surface area contributed by atoms with E-state index in [9.17, 15) is 0 Å². The van der Waals surface area contributed by atoms with Gasteiger partial charge >= 0.3 is 0 Å². The van der Waals surface area contributed by atoms with E-state index in [-0.39, 0.29) is 0 Å². The highest BCUT2D eigenvalue weighted by molar-refractivity contribution is 5.68. The first-order valence-corrected chi connectivity index (χ1v) is 3.37. The molecule has 0 unspecified atom stereocenters. The first-order chi connectivity index (χ1) is 5.90. The summed E-state index contributed by atoms with van der Waals surface area (Å²) in [6.45, 7) is 0.329. The van der Waals surface area contributed by atoms with Crippen LogP contribution in [0.5, 0.6) is 0 Å². The van der Waals surface area contributed by atoms with E-state index in [1.165, 1.54) is 0 Å². The van der Waals surface area contributed by atoms with Gasteiger partial charge in [-0.2, -0.15) is 10.3 Å². The molecular weight excluding hydrogens is 158 g/mol. The van der Waals surface area contributed by atoms with E-state index < -0.39 is 0 Å². The molecule has 0 aliphatic heterocycles. The molecule has 0 atom stereocenters. The summed E-state index contributed by atoms with van der Waals surface area (Å²) in [7, 11) is 0. The molecule has 2 aromatic rings. The van der Waals surface area contributed by atoms with Crippen LogP contribution in [0.15, 0.2) is 12.3 Å². The summed E-state index contributed by atoms with van der Waals surface area (Å²) in [5, 5.41) is 10.1. The molecule has 0 spiro atoms. The summed E-state index contributed by atoms with van der Waals surface area (Å²) in [4.78, 5) is 8.47. The number of H-pyrrole nitrogens is 1. The normalized spacial score (nSPS) is 10.8. The standard InChI is InChI=1S/C6H7N5O/c7-12-3-4-1-5-6(8-2-4)10-11-9-5/h1-2H,3,7H2,(H,8,9,10,11). The first kappa shape index (κ1) is 7.14. The minimum atomic E-state index is 0.329. The Bertz CT molecular complexity index is 384. The Morgan fingerprint density at radius 1 is 1.50 bits per heavy atom. The second-order valence-electron chi connectivity index (χ2n) is 2.32. The zero-order valence-electron chi connectivity index (χ0n) is 6.19. The molecule has 0 fully saturated rings. The summed E-state index contributed by atoms with van der Waals surface area (Å²) in [5.74, 6) is 4.91. The van der Waals surface area contributed by atoms with Gasteiger partial charge in [-0.15, -0.1) is 5.10 Å². The first-order valence-electron chi connectivity index (χ1n) is 3.37. The van der Waals surface area contributed by atoms with Crippen molar-refractivity contribution in [3.05, 3.63) is 17.8 Å². The Labute approximate surface area is 67.7 Å².